The molecule has 2 aromatic carbocycles. The lowest BCUT2D eigenvalue weighted by atomic mass is 10.2. The number of carbonyl (C=O) groups is 1. The second-order valence-electron chi connectivity index (χ2n) is 5.75. The molecule has 0 bridgehead atoms. The molecule has 0 atom stereocenters. The van der Waals surface area contributed by atoms with Crippen LogP contribution in [0.3, 0.4) is 0 Å². The van der Waals surface area contributed by atoms with Crippen molar-refractivity contribution < 1.29 is 19.0 Å². The van der Waals surface area contributed by atoms with E-state index in [4.69, 9.17) is 25.8 Å². The number of hydrogen-bond acceptors (Lipinski definition) is 5. The molecule has 0 fully saturated rings. The van der Waals surface area contributed by atoms with E-state index in [0.29, 0.717) is 33.5 Å². The van der Waals surface area contributed by atoms with Crippen molar-refractivity contribution >= 4 is 17.6 Å². The van der Waals surface area contributed by atoms with Crippen molar-refractivity contribution in [3.63, 3.8) is 0 Å². The highest BCUT2D eigenvalue weighted by Gasteiger charge is 2.19. The third-order valence-electron chi connectivity index (χ3n) is 4.08. The lowest BCUT2D eigenvalue weighted by Crippen LogP contribution is -2.06. The van der Waals surface area contributed by atoms with Crippen LogP contribution in [-0.4, -0.2) is 22.5 Å². The van der Waals surface area contributed by atoms with E-state index in [1.54, 1.807) is 22.9 Å². The summed E-state index contributed by atoms with van der Waals surface area (Å²) < 4.78 is 17.6. The summed E-state index contributed by atoms with van der Waals surface area (Å²) in [5.41, 5.74) is 2.61. The van der Waals surface area contributed by atoms with E-state index in [1.807, 2.05) is 37.3 Å². The molecule has 0 saturated heterocycles. The Labute approximate surface area is 154 Å². The Kier molecular flexibility index (Phi) is 4.26. The molecule has 0 amide bonds. The first-order chi connectivity index (χ1) is 12.6. The SMILES string of the molecule is Cc1nn(-c2ccccc2)c(Cl)c1COC(=O)c1ccc2c(c1)OCO2. The van der Waals surface area contributed by atoms with E-state index in [1.165, 1.54) is 0 Å². The molecule has 1 aliphatic heterocycles. The molecule has 7 heteroatoms. The van der Waals surface area contributed by atoms with E-state index < -0.39 is 5.97 Å². The van der Waals surface area contributed by atoms with Gasteiger partial charge < -0.3 is 14.2 Å². The van der Waals surface area contributed by atoms with Crippen LogP contribution in [0.15, 0.2) is 48.5 Å². The summed E-state index contributed by atoms with van der Waals surface area (Å²) in [4.78, 5) is 12.3. The van der Waals surface area contributed by atoms with Gasteiger partial charge in [0.1, 0.15) is 11.8 Å². The maximum absolute atomic E-state index is 12.3. The van der Waals surface area contributed by atoms with Crippen LogP contribution in [0.1, 0.15) is 21.6 Å². The molecule has 132 valence electrons. The molecule has 4 rings (SSSR count). The van der Waals surface area contributed by atoms with Gasteiger partial charge in [-0.15, -0.1) is 0 Å². The first-order valence-corrected chi connectivity index (χ1v) is 8.37. The average molecular weight is 371 g/mol. The van der Waals surface area contributed by atoms with Crippen LogP contribution in [0.4, 0.5) is 0 Å². The fourth-order valence-corrected chi connectivity index (χ4v) is 3.01. The first-order valence-electron chi connectivity index (χ1n) is 7.99. The van der Waals surface area contributed by atoms with Crippen molar-refractivity contribution in [2.24, 2.45) is 0 Å². The van der Waals surface area contributed by atoms with Crippen LogP contribution in [0.25, 0.3) is 5.69 Å². The summed E-state index contributed by atoms with van der Waals surface area (Å²) in [5.74, 6) is 0.682. The number of halogens is 1. The van der Waals surface area contributed by atoms with Gasteiger partial charge in [0.15, 0.2) is 11.5 Å². The Morgan fingerprint density at radius 1 is 1.19 bits per heavy atom. The van der Waals surface area contributed by atoms with E-state index in [0.717, 1.165) is 5.69 Å². The molecule has 26 heavy (non-hydrogen) atoms. The minimum Gasteiger partial charge on any atom is -0.457 e. The molecule has 2 heterocycles. The Hall–Kier alpha value is -2.99. The summed E-state index contributed by atoms with van der Waals surface area (Å²) >= 11 is 6.44. The van der Waals surface area contributed by atoms with Gasteiger partial charge in [-0.2, -0.15) is 5.10 Å². The number of rotatable bonds is 4. The molecule has 0 spiro atoms. The normalized spacial score (nSPS) is 12.2. The van der Waals surface area contributed by atoms with Crippen LogP contribution in [0.5, 0.6) is 11.5 Å². The second kappa shape index (κ2) is 6.72. The van der Waals surface area contributed by atoms with E-state index in [2.05, 4.69) is 5.10 Å². The van der Waals surface area contributed by atoms with Crippen molar-refractivity contribution in [1.82, 2.24) is 9.78 Å². The van der Waals surface area contributed by atoms with Gasteiger partial charge in [0.05, 0.1) is 16.9 Å². The molecular formula is C19H15ClN2O4. The van der Waals surface area contributed by atoms with Gasteiger partial charge in [0.25, 0.3) is 0 Å². The van der Waals surface area contributed by atoms with Gasteiger partial charge in [-0.3, -0.25) is 0 Å². The zero-order chi connectivity index (χ0) is 18.1. The smallest absolute Gasteiger partial charge is 0.338 e. The Balaban J connectivity index is 1.51. The predicted octanol–water partition coefficient (Wildman–Crippen LogP) is 3.92. The molecule has 0 unspecified atom stereocenters. The number of esters is 1. The number of fused-ring (bicyclic) bond motifs is 1. The van der Waals surface area contributed by atoms with Crippen LogP contribution >= 0.6 is 11.6 Å². The summed E-state index contributed by atoms with van der Waals surface area (Å²) in [6.45, 7) is 2.02. The third-order valence-corrected chi connectivity index (χ3v) is 4.47. The topological polar surface area (TPSA) is 62.6 Å². The Morgan fingerprint density at radius 2 is 1.96 bits per heavy atom. The highest BCUT2D eigenvalue weighted by Crippen LogP contribution is 2.33. The van der Waals surface area contributed by atoms with E-state index in [9.17, 15) is 4.79 Å². The van der Waals surface area contributed by atoms with E-state index in [-0.39, 0.29) is 13.4 Å². The molecule has 0 radical (unpaired) electrons. The van der Waals surface area contributed by atoms with Crippen LogP contribution in [0, 0.1) is 6.92 Å². The van der Waals surface area contributed by atoms with Gasteiger partial charge >= 0.3 is 5.97 Å². The van der Waals surface area contributed by atoms with Crippen molar-refractivity contribution in [2.75, 3.05) is 6.79 Å². The van der Waals surface area contributed by atoms with Crippen molar-refractivity contribution in [3.05, 3.63) is 70.5 Å². The Morgan fingerprint density at radius 3 is 2.77 bits per heavy atom. The zero-order valence-corrected chi connectivity index (χ0v) is 14.7. The van der Waals surface area contributed by atoms with Crippen molar-refractivity contribution in [1.29, 1.82) is 0 Å². The van der Waals surface area contributed by atoms with Crippen molar-refractivity contribution in [2.45, 2.75) is 13.5 Å². The van der Waals surface area contributed by atoms with Crippen LogP contribution in [-0.2, 0) is 11.3 Å². The third kappa shape index (κ3) is 2.99. The van der Waals surface area contributed by atoms with Crippen LogP contribution in [0.2, 0.25) is 5.15 Å². The van der Waals surface area contributed by atoms with Gasteiger partial charge in [-0.1, -0.05) is 29.8 Å². The number of aromatic nitrogens is 2. The van der Waals surface area contributed by atoms with Gasteiger partial charge in [0.2, 0.25) is 6.79 Å². The number of ether oxygens (including phenoxy) is 3. The number of hydrogen-bond donors (Lipinski definition) is 0. The van der Waals surface area contributed by atoms with Gasteiger partial charge in [-0.25, -0.2) is 9.48 Å². The second-order valence-corrected chi connectivity index (χ2v) is 6.10. The molecule has 1 aromatic heterocycles. The summed E-state index contributed by atoms with van der Waals surface area (Å²) in [6, 6.07) is 14.5. The number of para-hydroxylation sites is 1. The zero-order valence-electron chi connectivity index (χ0n) is 13.9. The molecule has 0 aliphatic carbocycles. The van der Waals surface area contributed by atoms with Crippen LogP contribution < -0.4 is 9.47 Å². The molecule has 6 nitrogen and oxygen atoms in total. The molecule has 0 N–H and O–H groups in total. The molecule has 3 aromatic rings. The minimum absolute atomic E-state index is 0.0325. The van der Waals surface area contributed by atoms with E-state index >= 15 is 0 Å². The van der Waals surface area contributed by atoms with Gasteiger partial charge in [0, 0.05) is 5.56 Å². The maximum Gasteiger partial charge on any atom is 0.338 e. The summed E-state index contributed by atoms with van der Waals surface area (Å²) in [6.07, 6.45) is 0. The lowest BCUT2D eigenvalue weighted by molar-refractivity contribution is 0.0472. The number of benzene rings is 2. The maximum atomic E-state index is 12.3. The minimum atomic E-state index is -0.466. The largest absolute Gasteiger partial charge is 0.457 e. The monoisotopic (exact) mass is 370 g/mol. The summed E-state index contributed by atoms with van der Waals surface area (Å²) in [7, 11) is 0. The molecule has 1 aliphatic rings. The molecule has 0 saturated carbocycles. The van der Waals surface area contributed by atoms with Crippen molar-refractivity contribution in [3.8, 4) is 17.2 Å². The standard InChI is InChI=1S/C19H15ClN2O4/c1-12-15(18(20)22(21-12)14-5-3-2-4-6-14)10-24-19(23)13-7-8-16-17(9-13)26-11-25-16/h2-9H,10-11H2,1H3. The number of nitrogens with zero attached hydrogens (tertiary/aromatic N) is 2. The van der Waals surface area contributed by atoms with Gasteiger partial charge in [-0.05, 0) is 37.3 Å². The predicted molar refractivity (Wildman–Crippen MR) is 95.0 cm³/mol. The quantitative estimate of drug-likeness (QED) is 0.651. The highest BCUT2D eigenvalue weighted by atomic mass is 35.5. The first kappa shape index (κ1) is 16.5. The fourth-order valence-electron chi connectivity index (χ4n) is 2.68. The summed E-state index contributed by atoms with van der Waals surface area (Å²) in [5, 5.41) is 4.86. The average Bonchev–Trinajstić information content (AvgIpc) is 3.24. The lowest BCUT2D eigenvalue weighted by Gasteiger charge is -2.06. The Bertz CT molecular complexity index is 969. The molecular weight excluding hydrogens is 356 g/mol. The highest BCUT2D eigenvalue weighted by molar-refractivity contribution is 6.30. The number of carbonyl (C=O) groups excluding carboxylic acids is 1. The fraction of sp³-hybridized carbons (Fsp3) is 0.158. The number of aryl methyl sites for hydroxylation is 1.